The lowest BCUT2D eigenvalue weighted by molar-refractivity contribution is -0.120. The monoisotopic (exact) mass is 275 g/mol. The fourth-order valence-electron chi connectivity index (χ4n) is 2.50. The molecular formula is C15H21N3O2. The summed E-state index contributed by atoms with van der Waals surface area (Å²) in [6.07, 6.45) is 3.50. The minimum absolute atomic E-state index is 0.0388. The molecule has 0 aliphatic heterocycles. The van der Waals surface area contributed by atoms with E-state index in [1.807, 2.05) is 6.07 Å². The summed E-state index contributed by atoms with van der Waals surface area (Å²) in [4.78, 5) is 23.2. The summed E-state index contributed by atoms with van der Waals surface area (Å²) >= 11 is 0. The molecule has 0 bridgehead atoms. The molecule has 20 heavy (non-hydrogen) atoms. The topological polar surface area (TPSA) is 84.2 Å². The molecule has 0 spiro atoms. The number of carbonyl (C=O) groups excluding carboxylic acids is 2. The smallest absolute Gasteiger partial charge is 0.227 e. The molecule has 0 aromatic heterocycles. The van der Waals surface area contributed by atoms with Gasteiger partial charge in [0.15, 0.2) is 0 Å². The number of rotatable bonds is 3. The van der Waals surface area contributed by atoms with Crippen molar-refractivity contribution in [1.82, 2.24) is 0 Å². The minimum atomic E-state index is -0.130. The lowest BCUT2D eigenvalue weighted by atomic mass is 9.86. The first-order valence-corrected chi connectivity index (χ1v) is 6.98. The average Bonchev–Trinajstić information content (AvgIpc) is 2.39. The van der Waals surface area contributed by atoms with Gasteiger partial charge in [-0.2, -0.15) is 0 Å². The number of amides is 2. The Kier molecular flexibility index (Phi) is 4.74. The minimum Gasteiger partial charge on any atom is -0.328 e. The van der Waals surface area contributed by atoms with Crippen molar-refractivity contribution >= 4 is 23.2 Å². The van der Waals surface area contributed by atoms with Crippen LogP contribution in [0.2, 0.25) is 0 Å². The van der Waals surface area contributed by atoms with Crippen LogP contribution in [0.15, 0.2) is 24.3 Å². The number of hydrogen-bond donors (Lipinski definition) is 3. The predicted octanol–water partition coefficient (Wildman–Crippen LogP) is 2.10. The SMILES string of the molecule is CC(=O)Nc1cccc(NC(=O)C2CCC(N)CC2)c1. The third-order valence-electron chi connectivity index (χ3n) is 3.59. The third kappa shape index (κ3) is 4.06. The number of benzene rings is 1. The highest BCUT2D eigenvalue weighted by Crippen LogP contribution is 2.25. The zero-order valence-corrected chi connectivity index (χ0v) is 11.7. The molecule has 0 atom stereocenters. The maximum atomic E-state index is 12.2. The van der Waals surface area contributed by atoms with E-state index in [1.54, 1.807) is 18.2 Å². The first-order valence-electron chi connectivity index (χ1n) is 6.98. The summed E-state index contributed by atoms with van der Waals surface area (Å²) in [7, 11) is 0. The Labute approximate surface area is 118 Å². The van der Waals surface area contributed by atoms with E-state index in [1.165, 1.54) is 6.92 Å². The van der Waals surface area contributed by atoms with Crippen LogP contribution in [-0.4, -0.2) is 17.9 Å². The number of carbonyl (C=O) groups is 2. The van der Waals surface area contributed by atoms with E-state index in [9.17, 15) is 9.59 Å². The molecule has 108 valence electrons. The van der Waals surface area contributed by atoms with Gasteiger partial charge in [-0.1, -0.05) is 6.07 Å². The van der Waals surface area contributed by atoms with Gasteiger partial charge >= 0.3 is 0 Å². The Bertz CT molecular complexity index is 494. The molecule has 0 heterocycles. The van der Waals surface area contributed by atoms with Crippen LogP contribution >= 0.6 is 0 Å². The average molecular weight is 275 g/mol. The Morgan fingerprint density at radius 1 is 1.10 bits per heavy atom. The van der Waals surface area contributed by atoms with E-state index in [2.05, 4.69) is 10.6 Å². The van der Waals surface area contributed by atoms with Gasteiger partial charge in [0, 0.05) is 30.3 Å². The summed E-state index contributed by atoms with van der Waals surface area (Å²) in [5, 5.41) is 5.61. The van der Waals surface area contributed by atoms with Crippen molar-refractivity contribution in [3.63, 3.8) is 0 Å². The van der Waals surface area contributed by atoms with E-state index in [0.717, 1.165) is 25.7 Å². The van der Waals surface area contributed by atoms with Crippen molar-refractivity contribution in [1.29, 1.82) is 0 Å². The first-order chi connectivity index (χ1) is 9.54. The summed E-state index contributed by atoms with van der Waals surface area (Å²) in [6, 6.07) is 7.40. The maximum absolute atomic E-state index is 12.2. The highest BCUT2D eigenvalue weighted by Gasteiger charge is 2.24. The highest BCUT2D eigenvalue weighted by atomic mass is 16.2. The standard InChI is InChI=1S/C15H21N3O2/c1-10(19)17-13-3-2-4-14(9-13)18-15(20)11-5-7-12(16)8-6-11/h2-4,9,11-12H,5-8,16H2,1H3,(H,17,19)(H,18,20). The largest absolute Gasteiger partial charge is 0.328 e. The van der Waals surface area contributed by atoms with Crippen molar-refractivity contribution < 1.29 is 9.59 Å². The van der Waals surface area contributed by atoms with Crippen LogP contribution in [0.4, 0.5) is 11.4 Å². The molecule has 1 aliphatic carbocycles. The summed E-state index contributed by atoms with van der Waals surface area (Å²) in [6.45, 7) is 1.45. The fraction of sp³-hybridized carbons (Fsp3) is 0.467. The number of anilines is 2. The lowest BCUT2D eigenvalue weighted by Crippen LogP contribution is -2.32. The summed E-state index contributed by atoms with van der Waals surface area (Å²) < 4.78 is 0. The highest BCUT2D eigenvalue weighted by molar-refractivity contribution is 5.94. The second-order valence-corrected chi connectivity index (χ2v) is 5.36. The first kappa shape index (κ1) is 14.5. The van der Waals surface area contributed by atoms with Crippen LogP contribution in [0, 0.1) is 5.92 Å². The van der Waals surface area contributed by atoms with Crippen molar-refractivity contribution in [3.8, 4) is 0 Å². The van der Waals surface area contributed by atoms with Gasteiger partial charge in [-0.25, -0.2) is 0 Å². The van der Waals surface area contributed by atoms with Crippen LogP contribution in [-0.2, 0) is 9.59 Å². The van der Waals surface area contributed by atoms with Gasteiger partial charge in [-0.05, 0) is 43.9 Å². The van der Waals surface area contributed by atoms with Gasteiger partial charge in [0.1, 0.15) is 0 Å². The molecule has 0 saturated heterocycles. The molecule has 4 N–H and O–H groups in total. The zero-order valence-electron chi connectivity index (χ0n) is 11.7. The summed E-state index contributed by atoms with van der Waals surface area (Å²) in [5.74, 6) is -0.0501. The van der Waals surface area contributed by atoms with Crippen LogP contribution in [0.25, 0.3) is 0 Å². The van der Waals surface area contributed by atoms with Crippen LogP contribution < -0.4 is 16.4 Å². The quantitative estimate of drug-likeness (QED) is 0.789. The van der Waals surface area contributed by atoms with E-state index in [0.29, 0.717) is 11.4 Å². The number of nitrogens with one attached hydrogen (secondary N) is 2. The molecule has 2 amide bonds. The van der Waals surface area contributed by atoms with Crippen molar-refractivity contribution in [2.75, 3.05) is 10.6 Å². The van der Waals surface area contributed by atoms with Gasteiger partial charge in [0.25, 0.3) is 0 Å². The van der Waals surface area contributed by atoms with E-state index >= 15 is 0 Å². The molecule has 1 aliphatic rings. The normalized spacial score (nSPS) is 22.1. The number of nitrogens with two attached hydrogens (primary N) is 1. The predicted molar refractivity (Wildman–Crippen MR) is 79.3 cm³/mol. The van der Waals surface area contributed by atoms with Crippen LogP contribution in [0.3, 0.4) is 0 Å². The Morgan fingerprint density at radius 2 is 1.70 bits per heavy atom. The van der Waals surface area contributed by atoms with Crippen LogP contribution in [0.5, 0.6) is 0 Å². The Morgan fingerprint density at radius 3 is 2.30 bits per heavy atom. The number of hydrogen-bond acceptors (Lipinski definition) is 3. The molecule has 0 radical (unpaired) electrons. The van der Waals surface area contributed by atoms with Crippen molar-refractivity contribution in [3.05, 3.63) is 24.3 Å². The molecule has 1 aromatic rings. The molecule has 1 fully saturated rings. The summed E-state index contributed by atoms with van der Waals surface area (Å²) in [5.41, 5.74) is 7.23. The van der Waals surface area contributed by atoms with Gasteiger partial charge < -0.3 is 16.4 Å². The molecule has 1 saturated carbocycles. The lowest BCUT2D eigenvalue weighted by Gasteiger charge is -2.25. The third-order valence-corrected chi connectivity index (χ3v) is 3.59. The molecule has 0 unspecified atom stereocenters. The molecular weight excluding hydrogens is 254 g/mol. The molecule has 5 heteroatoms. The molecule has 5 nitrogen and oxygen atoms in total. The van der Waals surface area contributed by atoms with Gasteiger partial charge in [0.2, 0.25) is 11.8 Å². The van der Waals surface area contributed by atoms with Crippen molar-refractivity contribution in [2.24, 2.45) is 11.7 Å². The van der Waals surface area contributed by atoms with E-state index < -0.39 is 0 Å². The Balaban J connectivity index is 1.95. The Hall–Kier alpha value is -1.88. The van der Waals surface area contributed by atoms with Crippen molar-refractivity contribution in [2.45, 2.75) is 38.6 Å². The fourth-order valence-corrected chi connectivity index (χ4v) is 2.50. The molecule has 2 rings (SSSR count). The zero-order chi connectivity index (χ0) is 14.5. The maximum Gasteiger partial charge on any atom is 0.227 e. The van der Waals surface area contributed by atoms with E-state index in [4.69, 9.17) is 5.73 Å². The molecule has 1 aromatic carbocycles. The van der Waals surface area contributed by atoms with Gasteiger partial charge in [-0.3, -0.25) is 9.59 Å². The van der Waals surface area contributed by atoms with E-state index in [-0.39, 0.29) is 23.8 Å². The van der Waals surface area contributed by atoms with Gasteiger partial charge in [0.05, 0.1) is 0 Å². The second kappa shape index (κ2) is 6.52. The second-order valence-electron chi connectivity index (χ2n) is 5.36. The van der Waals surface area contributed by atoms with Crippen LogP contribution in [0.1, 0.15) is 32.6 Å². The van der Waals surface area contributed by atoms with Gasteiger partial charge in [-0.15, -0.1) is 0 Å².